The molecule has 4 nitrogen and oxygen atoms in total. The highest BCUT2D eigenvalue weighted by Crippen LogP contribution is 2.35. The first-order valence-corrected chi connectivity index (χ1v) is 6.28. The van der Waals surface area contributed by atoms with E-state index in [0.29, 0.717) is 0 Å². The normalized spacial score (nSPS) is 24.3. The van der Waals surface area contributed by atoms with Crippen molar-refractivity contribution in [2.24, 2.45) is 15.9 Å². The Labute approximate surface area is 117 Å². The van der Waals surface area contributed by atoms with E-state index in [2.05, 4.69) is 9.98 Å². The second-order valence-electron chi connectivity index (χ2n) is 4.75. The first-order chi connectivity index (χ1) is 9.62. The van der Waals surface area contributed by atoms with Crippen LogP contribution in [0.15, 0.2) is 52.5 Å². The number of hydrogen-bond donors (Lipinski definition) is 0. The van der Waals surface area contributed by atoms with E-state index in [0.717, 1.165) is 16.7 Å². The van der Waals surface area contributed by atoms with Crippen molar-refractivity contribution in [1.29, 1.82) is 0 Å². The van der Waals surface area contributed by atoms with Gasteiger partial charge in [0.2, 0.25) is 17.8 Å². The monoisotopic (exact) mass is 266 g/mol. The molecule has 1 aliphatic carbocycles. The largest absolute Gasteiger partial charge is 0.238 e. The summed E-state index contributed by atoms with van der Waals surface area (Å²) in [5, 5.41) is 0. The van der Waals surface area contributed by atoms with Crippen LogP contribution in [-0.2, 0) is 9.59 Å². The molecule has 100 valence electrons. The van der Waals surface area contributed by atoms with Gasteiger partial charge in [0.25, 0.3) is 0 Å². The van der Waals surface area contributed by atoms with Crippen LogP contribution in [0.5, 0.6) is 0 Å². The van der Waals surface area contributed by atoms with E-state index in [1.165, 1.54) is 12.2 Å². The molecule has 0 aromatic heterocycles. The van der Waals surface area contributed by atoms with Crippen molar-refractivity contribution >= 4 is 17.7 Å². The Morgan fingerprint density at radius 2 is 1.80 bits per heavy atom. The van der Waals surface area contributed by atoms with Crippen molar-refractivity contribution in [3.63, 3.8) is 0 Å². The van der Waals surface area contributed by atoms with Crippen molar-refractivity contribution in [1.82, 2.24) is 0 Å². The number of benzene rings is 1. The maximum Gasteiger partial charge on any atom is 0.238 e. The van der Waals surface area contributed by atoms with E-state index >= 15 is 0 Å². The average Bonchev–Trinajstić information content (AvgIpc) is 2.43. The molecule has 0 bridgehead atoms. The number of aryl methyl sites for hydroxylation is 1. The highest BCUT2D eigenvalue weighted by molar-refractivity contribution is 5.74. The molecule has 0 N–H and O–H groups in total. The van der Waals surface area contributed by atoms with Gasteiger partial charge in [-0.2, -0.15) is 9.98 Å². The van der Waals surface area contributed by atoms with Gasteiger partial charge in [0.1, 0.15) is 0 Å². The van der Waals surface area contributed by atoms with Crippen molar-refractivity contribution in [3.05, 3.63) is 53.6 Å². The molecule has 0 heterocycles. The van der Waals surface area contributed by atoms with E-state index in [1.807, 2.05) is 44.2 Å². The summed E-state index contributed by atoms with van der Waals surface area (Å²) in [4.78, 5) is 28.5. The summed E-state index contributed by atoms with van der Waals surface area (Å²) in [6, 6.07) is 7.91. The standard InChI is InChI=1S/C16H14N2O2/c1-12-5-3-4-6-14(12)15-9-16(17-10-19,18-11-20)8-7-13(15)2/h3-9,13H,1-2H3. The first-order valence-electron chi connectivity index (χ1n) is 6.28. The smallest absolute Gasteiger partial charge is 0.211 e. The summed E-state index contributed by atoms with van der Waals surface area (Å²) in [5.74, 6) is 0.146. The molecule has 1 unspecified atom stereocenters. The van der Waals surface area contributed by atoms with E-state index in [1.54, 1.807) is 12.2 Å². The fraction of sp³-hybridized carbons (Fsp3) is 0.250. The summed E-state index contributed by atoms with van der Waals surface area (Å²) in [7, 11) is 0. The molecular weight excluding hydrogens is 252 g/mol. The predicted molar refractivity (Wildman–Crippen MR) is 76.4 cm³/mol. The number of nitrogens with zero attached hydrogens (tertiary/aromatic N) is 2. The summed E-state index contributed by atoms with van der Waals surface area (Å²) < 4.78 is 0. The van der Waals surface area contributed by atoms with Gasteiger partial charge < -0.3 is 0 Å². The van der Waals surface area contributed by atoms with E-state index in [9.17, 15) is 9.59 Å². The van der Waals surface area contributed by atoms with Crippen LogP contribution in [0, 0.1) is 12.8 Å². The van der Waals surface area contributed by atoms with Gasteiger partial charge >= 0.3 is 0 Å². The van der Waals surface area contributed by atoms with Crippen LogP contribution in [-0.4, -0.2) is 17.8 Å². The fourth-order valence-corrected chi connectivity index (χ4v) is 2.33. The summed E-state index contributed by atoms with van der Waals surface area (Å²) in [5.41, 5.74) is 1.83. The topological polar surface area (TPSA) is 58.9 Å². The molecule has 0 saturated carbocycles. The van der Waals surface area contributed by atoms with Crippen LogP contribution in [0.4, 0.5) is 0 Å². The minimum Gasteiger partial charge on any atom is -0.211 e. The van der Waals surface area contributed by atoms with Gasteiger partial charge in [-0.1, -0.05) is 37.3 Å². The molecule has 1 aromatic rings. The summed E-state index contributed by atoms with van der Waals surface area (Å²) >= 11 is 0. The third kappa shape index (κ3) is 2.57. The van der Waals surface area contributed by atoms with Crippen molar-refractivity contribution in [2.45, 2.75) is 19.5 Å². The van der Waals surface area contributed by atoms with Gasteiger partial charge in [-0.05, 0) is 41.7 Å². The number of carbonyl (C=O) groups excluding carboxylic acids is 2. The zero-order valence-corrected chi connectivity index (χ0v) is 11.3. The molecule has 4 heteroatoms. The van der Waals surface area contributed by atoms with Gasteiger partial charge in [0, 0.05) is 0 Å². The summed E-state index contributed by atoms with van der Waals surface area (Å²) in [6.07, 6.45) is 8.16. The van der Waals surface area contributed by atoms with E-state index in [-0.39, 0.29) is 5.92 Å². The number of hydrogen-bond acceptors (Lipinski definition) is 4. The third-order valence-electron chi connectivity index (χ3n) is 3.39. The second-order valence-corrected chi connectivity index (χ2v) is 4.75. The molecular formula is C16H14N2O2. The van der Waals surface area contributed by atoms with Crippen LogP contribution in [0.25, 0.3) is 5.57 Å². The molecule has 0 fully saturated rings. The van der Waals surface area contributed by atoms with E-state index < -0.39 is 5.66 Å². The maximum atomic E-state index is 10.6. The molecule has 1 aliphatic rings. The average molecular weight is 266 g/mol. The number of aliphatic imine (C=N–C) groups is 2. The molecule has 0 saturated heterocycles. The second kappa shape index (κ2) is 5.62. The fourth-order valence-electron chi connectivity index (χ4n) is 2.33. The Hall–Kier alpha value is -2.54. The molecule has 0 amide bonds. The maximum absolute atomic E-state index is 10.6. The molecule has 1 aromatic carbocycles. The highest BCUT2D eigenvalue weighted by atomic mass is 16.1. The Morgan fingerprint density at radius 3 is 2.40 bits per heavy atom. The van der Waals surface area contributed by atoms with Gasteiger partial charge in [-0.3, -0.25) is 0 Å². The molecule has 1 atom stereocenters. The number of isocyanates is 2. The van der Waals surface area contributed by atoms with Crippen molar-refractivity contribution < 1.29 is 9.59 Å². The van der Waals surface area contributed by atoms with Crippen molar-refractivity contribution in [3.8, 4) is 0 Å². The zero-order valence-electron chi connectivity index (χ0n) is 11.3. The predicted octanol–water partition coefficient (Wildman–Crippen LogP) is 2.95. The molecule has 2 rings (SSSR count). The highest BCUT2D eigenvalue weighted by Gasteiger charge is 2.29. The van der Waals surface area contributed by atoms with Gasteiger partial charge in [0.05, 0.1) is 0 Å². The summed E-state index contributed by atoms with van der Waals surface area (Å²) in [6.45, 7) is 4.04. The van der Waals surface area contributed by atoms with Gasteiger partial charge in [-0.15, -0.1) is 0 Å². The Kier molecular flexibility index (Phi) is 3.90. The molecule has 20 heavy (non-hydrogen) atoms. The lowest BCUT2D eigenvalue weighted by Gasteiger charge is -2.25. The minimum absolute atomic E-state index is 0.146. The quantitative estimate of drug-likeness (QED) is 0.480. The van der Waals surface area contributed by atoms with Gasteiger partial charge in [-0.25, -0.2) is 9.59 Å². The van der Waals surface area contributed by atoms with Crippen LogP contribution in [0.1, 0.15) is 18.1 Å². The zero-order chi connectivity index (χ0) is 14.6. The Balaban J connectivity index is 2.62. The van der Waals surface area contributed by atoms with Crippen molar-refractivity contribution in [2.75, 3.05) is 0 Å². The minimum atomic E-state index is -1.31. The lowest BCUT2D eigenvalue weighted by atomic mass is 9.84. The van der Waals surface area contributed by atoms with E-state index in [4.69, 9.17) is 0 Å². The third-order valence-corrected chi connectivity index (χ3v) is 3.39. The lowest BCUT2D eigenvalue weighted by molar-refractivity contribution is 0.543. The van der Waals surface area contributed by atoms with Crippen LogP contribution in [0.3, 0.4) is 0 Å². The van der Waals surface area contributed by atoms with Gasteiger partial charge in [0.15, 0.2) is 0 Å². The Bertz CT molecular complexity index is 657. The number of allylic oxidation sites excluding steroid dienone is 2. The number of rotatable bonds is 3. The first kappa shape index (κ1) is 13.9. The molecule has 0 spiro atoms. The lowest BCUT2D eigenvalue weighted by Crippen LogP contribution is -2.22. The SMILES string of the molecule is Cc1ccccc1C1=CC(N=C=O)(N=C=O)C=CC1C. The van der Waals surface area contributed by atoms with Crippen LogP contribution < -0.4 is 0 Å². The van der Waals surface area contributed by atoms with Crippen LogP contribution >= 0.6 is 0 Å². The molecule has 0 aliphatic heterocycles. The van der Waals surface area contributed by atoms with Crippen LogP contribution in [0.2, 0.25) is 0 Å². The molecule has 0 radical (unpaired) electrons. The Morgan fingerprint density at radius 1 is 1.15 bits per heavy atom.